The quantitative estimate of drug-likeness (QED) is 0.730. The molecule has 174 valence electrons. The Morgan fingerprint density at radius 1 is 1.19 bits per heavy atom. The molecule has 2 aromatic rings. The SMILES string of the molecule is Cc1nc(C)c(-c2cccc(C(=O)NC(C)CN3CCN(C(=O)OC(C)(C)C)CC3)c2)s1. The number of carbonyl (C=O) groups excluding carboxylic acids is 2. The van der Waals surface area contributed by atoms with Gasteiger partial charge in [0, 0.05) is 44.3 Å². The van der Waals surface area contributed by atoms with Crippen molar-refractivity contribution in [3.63, 3.8) is 0 Å². The van der Waals surface area contributed by atoms with E-state index in [4.69, 9.17) is 4.74 Å². The van der Waals surface area contributed by atoms with Crippen LogP contribution in [0.3, 0.4) is 0 Å². The third-order valence-electron chi connectivity index (χ3n) is 5.22. The summed E-state index contributed by atoms with van der Waals surface area (Å²) in [5.74, 6) is -0.0781. The van der Waals surface area contributed by atoms with Crippen molar-refractivity contribution in [3.05, 3.63) is 40.5 Å². The molecule has 2 heterocycles. The zero-order valence-corrected chi connectivity index (χ0v) is 20.7. The Hall–Kier alpha value is -2.45. The minimum absolute atomic E-state index is 0.00776. The molecule has 1 aliphatic rings. The van der Waals surface area contributed by atoms with Crippen LogP contribution in [-0.2, 0) is 4.74 Å². The largest absolute Gasteiger partial charge is 0.444 e. The summed E-state index contributed by atoms with van der Waals surface area (Å²) in [6.45, 7) is 15.2. The Morgan fingerprint density at radius 2 is 1.88 bits per heavy atom. The molecule has 32 heavy (non-hydrogen) atoms. The molecule has 1 unspecified atom stereocenters. The second-order valence-corrected chi connectivity index (χ2v) is 10.6. The van der Waals surface area contributed by atoms with Gasteiger partial charge in [-0.05, 0) is 59.2 Å². The number of hydrogen-bond acceptors (Lipinski definition) is 6. The van der Waals surface area contributed by atoms with Crippen molar-refractivity contribution in [2.45, 2.75) is 53.2 Å². The summed E-state index contributed by atoms with van der Waals surface area (Å²) in [5.41, 5.74) is 2.17. The normalized spacial score (nSPS) is 16.0. The molecule has 1 aromatic carbocycles. The van der Waals surface area contributed by atoms with Crippen molar-refractivity contribution in [3.8, 4) is 10.4 Å². The van der Waals surface area contributed by atoms with Gasteiger partial charge in [-0.3, -0.25) is 9.69 Å². The molecule has 1 fully saturated rings. The topological polar surface area (TPSA) is 74.8 Å². The highest BCUT2D eigenvalue weighted by Crippen LogP contribution is 2.30. The van der Waals surface area contributed by atoms with E-state index < -0.39 is 5.60 Å². The maximum Gasteiger partial charge on any atom is 0.410 e. The van der Waals surface area contributed by atoms with Gasteiger partial charge in [-0.1, -0.05) is 12.1 Å². The molecule has 0 bridgehead atoms. The summed E-state index contributed by atoms with van der Waals surface area (Å²) in [5, 5.41) is 4.13. The van der Waals surface area contributed by atoms with Crippen LogP contribution < -0.4 is 5.32 Å². The molecular formula is C24H34N4O3S. The molecule has 0 saturated carbocycles. The fourth-order valence-electron chi connectivity index (χ4n) is 3.78. The fourth-order valence-corrected chi connectivity index (χ4v) is 4.70. The molecule has 7 nitrogen and oxygen atoms in total. The lowest BCUT2D eigenvalue weighted by Crippen LogP contribution is -2.52. The van der Waals surface area contributed by atoms with Gasteiger partial charge in [-0.15, -0.1) is 11.3 Å². The Labute approximate surface area is 194 Å². The summed E-state index contributed by atoms with van der Waals surface area (Å²) in [6, 6.07) is 7.70. The molecule has 2 amide bonds. The lowest BCUT2D eigenvalue weighted by atomic mass is 10.1. The maximum atomic E-state index is 12.8. The number of hydrogen-bond donors (Lipinski definition) is 1. The van der Waals surface area contributed by atoms with E-state index in [1.54, 1.807) is 16.2 Å². The van der Waals surface area contributed by atoms with Gasteiger partial charge in [0.2, 0.25) is 0 Å². The Morgan fingerprint density at radius 3 is 2.47 bits per heavy atom. The van der Waals surface area contributed by atoms with E-state index in [0.29, 0.717) is 18.7 Å². The summed E-state index contributed by atoms with van der Waals surface area (Å²) in [7, 11) is 0. The molecule has 0 radical (unpaired) electrons. The summed E-state index contributed by atoms with van der Waals surface area (Å²) >= 11 is 1.64. The predicted molar refractivity (Wildman–Crippen MR) is 128 cm³/mol. The highest BCUT2D eigenvalue weighted by Gasteiger charge is 2.26. The molecule has 1 aromatic heterocycles. The van der Waals surface area contributed by atoms with Crippen LogP contribution in [0.5, 0.6) is 0 Å². The minimum atomic E-state index is -0.484. The zero-order valence-electron chi connectivity index (χ0n) is 19.9. The van der Waals surface area contributed by atoms with Gasteiger partial charge in [-0.25, -0.2) is 9.78 Å². The van der Waals surface area contributed by atoms with E-state index in [2.05, 4.69) is 15.2 Å². The van der Waals surface area contributed by atoms with Crippen LogP contribution >= 0.6 is 11.3 Å². The second kappa shape index (κ2) is 10.0. The van der Waals surface area contributed by atoms with Gasteiger partial charge in [0.1, 0.15) is 5.60 Å². The number of thiazole rings is 1. The maximum absolute atomic E-state index is 12.8. The first-order valence-corrected chi connectivity index (χ1v) is 11.9. The number of rotatable bonds is 5. The molecule has 1 aliphatic heterocycles. The number of benzene rings is 1. The fraction of sp³-hybridized carbons (Fsp3) is 0.542. The third-order valence-corrected chi connectivity index (χ3v) is 6.35. The van der Waals surface area contributed by atoms with Crippen LogP contribution in [0.2, 0.25) is 0 Å². The van der Waals surface area contributed by atoms with Crippen LogP contribution in [0.4, 0.5) is 4.79 Å². The zero-order chi connectivity index (χ0) is 23.5. The van der Waals surface area contributed by atoms with Gasteiger partial charge in [0.15, 0.2) is 0 Å². The van der Waals surface area contributed by atoms with E-state index in [0.717, 1.165) is 40.8 Å². The molecule has 0 spiro atoms. The van der Waals surface area contributed by atoms with E-state index >= 15 is 0 Å². The monoisotopic (exact) mass is 458 g/mol. The number of aromatic nitrogens is 1. The predicted octanol–water partition coefficient (Wildman–Crippen LogP) is 4.10. The van der Waals surface area contributed by atoms with Gasteiger partial charge in [0.05, 0.1) is 15.6 Å². The first kappa shape index (κ1) is 24.2. The average Bonchev–Trinajstić information content (AvgIpc) is 3.05. The minimum Gasteiger partial charge on any atom is -0.444 e. The van der Waals surface area contributed by atoms with Crippen molar-refractivity contribution >= 4 is 23.3 Å². The van der Waals surface area contributed by atoms with Crippen LogP contribution in [0.25, 0.3) is 10.4 Å². The van der Waals surface area contributed by atoms with Crippen molar-refractivity contribution in [2.75, 3.05) is 32.7 Å². The highest BCUT2D eigenvalue weighted by atomic mass is 32.1. The Balaban J connectivity index is 1.51. The molecule has 1 saturated heterocycles. The van der Waals surface area contributed by atoms with E-state index in [9.17, 15) is 9.59 Å². The molecule has 8 heteroatoms. The molecule has 0 aliphatic carbocycles. The number of ether oxygens (including phenoxy) is 1. The Kier molecular flexibility index (Phi) is 7.56. The number of carbonyl (C=O) groups is 2. The van der Waals surface area contributed by atoms with E-state index in [1.165, 1.54) is 0 Å². The van der Waals surface area contributed by atoms with Crippen molar-refractivity contribution in [1.29, 1.82) is 0 Å². The first-order valence-electron chi connectivity index (χ1n) is 11.1. The standard InChI is InChI=1S/C24H34N4O3S/c1-16(15-27-10-12-28(13-11-27)23(30)31-24(4,5)6)25-22(29)20-9-7-8-19(14-20)21-17(2)26-18(3)32-21/h7-9,14,16H,10-13,15H2,1-6H3,(H,25,29). The lowest BCUT2D eigenvalue weighted by molar-refractivity contribution is 0.0141. The number of piperazine rings is 1. The van der Waals surface area contributed by atoms with Crippen LogP contribution in [0.1, 0.15) is 48.8 Å². The number of amides is 2. The van der Waals surface area contributed by atoms with Gasteiger partial charge in [0.25, 0.3) is 5.91 Å². The van der Waals surface area contributed by atoms with Crippen molar-refractivity contribution in [1.82, 2.24) is 20.1 Å². The van der Waals surface area contributed by atoms with Crippen LogP contribution in [-0.4, -0.2) is 71.2 Å². The highest BCUT2D eigenvalue weighted by molar-refractivity contribution is 7.15. The molecule has 3 rings (SSSR count). The first-order chi connectivity index (χ1) is 15.0. The van der Waals surface area contributed by atoms with Gasteiger partial charge in [-0.2, -0.15) is 0 Å². The molecule has 1 N–H and O–H groups in total. The molecule has 1 atom stereocenters. The van der Waals surface area contributed by atoms with Crippen LogP contribution in [0, 0.1) is 13.8 Å². The summed E-state index contributed by atoms with van der Waals surface area (Å²) < 4.78 is 5.45. The van der Waals surface area contributed by atoms with Crippen molar-refractivity contribution in [2.24, 2.45) is 0 Å². The number of aryl methyl sites for hydroxylation is 2. The van der Waals surface area contributed by atoms with Crippen molar-refractivity contribution < 1.29 is 14.3 Å². The van der Waals surface area contributed by atoms with E-state index in [1.807, 2.05) is 65.8 Å². The average molecular weight is 459 g/mol. The smallest absolute Gasteiger partial charge is 0.410 e. The van der Waals surface area contributed by atoms with Gasteiger partial charge < -0.3 is 15.0 Å². The summed E-state index contributed by atoms with van der Waals surface area (Å²) in [6.07, 6.45) is -0.259. The van der Waals surface area contributed by atoms with Gasteiger partial charge >= 0.3 is 6.09 Å². The number of nitrogens with one attached hydrogen (secondary N) is 1. The Bertz CT molecular complexity index is 958. The molecular weight excluding hydrogens is 424 g/mol. The number of nitrogens with zero attached hydrogens (tertiary/aromatic N) is 3. The van der Waals surface area contributed by atoms with Crippen LogP contribution in [0.15, 0.2) is 24.3 Å². The third kappa shape index (κ3) is 6.53. The van der Waals surface area contributed by atoms with E-state index in [-0.39, 0.29) is 18.0 Å². The summed E-state index contributed by atoms with van der Waals surface area (Å²) in [4.78, 5) is 34.7. The lowest BCUT2D eigenvalue weighted by Gasteiger charge is -2.36. The second-order valence-electron chi connectivity index (χ2n) is 9.37.